The Labute approximate surface area is 91.7 Å². The van der Waals surface area contributed by atoms with E-state index >= 15 is 0 Å². The van der Waals surface area contributed by atoms with Crippen LogP contribution in [0.25, 0.3) is 0 Å². The Morgan fingerprint density at radius 2 is 2.14 bits per heavy atom. The van der Waals surface area contributed by atoms with Gasteiger partial charge in [0.15, 0.2) is 0 Å². The molecule has 0 unspecified atom stereocenters. The molecule has 0 N–H and O–H groups in total. The summed E-state index contributed by atoms with van der Waals surface area (Å²) in [6.07, 6.45) is 0.116. The molecule has 1 nitrogen and oxygen atoms in total. The van der Waals surface area contributed by atoms with Crippen molar-refractivity contribution < 1.29 is 4.39 Å². The van der Waals surface area contributed by atoms with E-state index in [-0.39, 0.29) is 12.2 Å². The smallest absolute Gasteiger partial charge is 0.141 e. The number of benzene rings is 1. The van der Waals surface area contributed by atoms with Crippen LogP contribution in [0.5, 0.6) is 0 Å². The Kier molecular flexibility index (Phi) is 3.65. The van der Waals surface area contributed by atoms with E-state index in [0.717, 1.165) is 5.56 Å². The molecule has 74 valence electrons. The van der Waals surface area contributed by atoms with Crippen molar-refractivity contribution in [2.45, 2.75) is 26.2 Å². The molecule has 0 fully saturated rings. The first-order valence-corrected chi connectivity index (χ1v) is 5.20. The molecule has 0 aliphatic heterocycles. The maximum absolute atomic E-state index is 13.4. The van der Waals surface area contributed by atoms with Crippen molar-refractivity contribution in [2.24, 2.45) is 0 Å². The number of halogens is 2. The van der Waals surface area contributed by atoms with Crippen molar-refractivity contribution in [3.63, 3.8) is 0 Å². The molecule has 0 aliphatic rings. The van der Waals surface area contributed by atoms with Crippen LogP contribution < -0.4 is 0 Å². The van der Waals surface area contributed by atoms with E-state index < -0.39 is 0 Å². The fourth-order valence-electron chi connectivity index (χ4n) is 1.22. The summed E-state index contributed by atoms with van der Waals surface area (Å²) in [6.45, 7) is 4.08. The van der Waals surface area contributed by atoms with E-state index in [1.54, 1.807) is 12.1 Å². The molecule has 1 aromatic carbocycles. The number of hydrogen-bond acceptors (Lipinski definition) is 1. The summed E-state index contributed by atoms with van der Waals surface area (Å²) in [7, 11) is 0. The Morgan fingerprint density at radius 1 is 1.50 bits per heavy atom. The van der Waals surface area contributed by atoms with Crippen molar-refractivity contribution in [1.82, 2.24) is 0 Å². The average Bonchev–Trinajstić information content (AvgIpc) is 2.12. The Bertz CT molecular complexity index is 380. The van der Waals surface area contributed by atoms with Crippen LogP contribution in [0.15, 0.2) is 16.6 Å². The van der Waals surface area contributed by atoms with Gasteiger partial charge in [0.2, 0.25) is 0 Å². The average molecular weight is 256 g/mol. The Hall–Kier alpha value is -0.880. The van der Waals surface area contributed by atoms with E-state index in [1.807, 2.05) is 19.9 Å². The molecule has 0 amide bonds. The molecule has 0 bridgehead atoms. The van der Waals surface area contributed by atoms with Crippen LogP contribution in [-0.4, -0.2) is 0 Å². The van der Waals surface area contributed by atoms with Crippen molar-refractivity contribution in [3.8, 4) is 6.07 Å². The highest BCUT2D eigenvalue weighted by Gasteiger charge is 2.10. The van der Waals surface area contributed by atoms with E-state index in [2.05, 4.69) is 15.9 Å². The minimum Gasteiger partial charge on any atom is -0.205 e. The number of rotatable bonds is 2. The third kappa shape index (κ3) is 2.33. The number of hydrogen-bond donors (Lipinski definition) is 0. The van der Waals surface area contributed by atoms with E-state index in [0.29, 0.717) is 16.0 Å². The van der Waals surface area contributed by atoms with Gasteiger partial charge >= 0.3 is 0 Å². The van der Waals surface area contributed by atoms with Gasteiger partial charge in [-0.3, -0.25) is 0 Å². The van der Waals surface area contributed by atoms with Gasteiger partial charge in [0.1, 0.15) is 5.82 Å². The highest BCUT2D eigenvalue weighted by molar-refractivity contribution is 9.10. The fourth-order valence-corrected chi connectivity index (χ4v) is 1.74. The Morgan fingerprint density at radius 3 is 2.64 bits per heavy atom. The zero-order valence-corrected chi connectivity index (χ0v) is 9.73. The van der Waals surface area contributed by atoms with Gasteiger partial charge in [-0.2, -0.15) is 5.26 Å². The lowest BCUT2D eigenvalue weighted by Gasteiger charge is -2.09. The quantitative estimate of drug-likeness (QED) is 0.789. The highest BCUT2D eigenvalue weighted by atomic mass is 79.9. The van der Waals surface area contributed by atoms with Crippen LogP contribution in [-0.2, 0) is 6.42 Å². The van der Waals surface area contributed by atoms with E-state index in [9.17, 15) is 4.39 Å². The predicted octanol–water partition coefficient (Wildman–Crippen LogP) is 3.78. The monoisotopic (exact) mass is 255 g/mol. The van der Waals surface area contributed by atoms with Crippen LogP contribution in [0.1, 0.15) is 30.9 Å². The van der Waals surface area contributed by atoms with Gasteiger partial charge in [0, 0.05) is 5.56 Å². The van der Waals surface area contributed by atoms with E-state index in [1.165, 1.54) is 0 Å². The summed E-state index contributed by atoms with van der Waals surface area (Å²) in [4.78, 5) is 0. The molecule has 0 heterocycles. The summed E-state index contributed by atoms with van der Waals surface area (Å²) in [5.41, 5.74) is 1.51. The molecule has 0 radical (unpaired) electrons. The van der Waals surface area contributed by atoms with Gasteiger partial charge in [-0.25, -0.2) is 4.39 Å². The van der Waals surface area contributed by atoms with Crippen LogP contribution in [0.2, 0.25) is 0 Å². The summed E-state index contributed by atoms with van der Waals surface area (Å²) < 4.78 is 13.9. The van der Waals surface area contributed by atoms with Crippen LogP contribution in [0.4, 0.5) is 4.39 Å². The molecule has 0 aliphatic carbocycles. The summed E-state index contributed by atoms with van der Waals surface area (Å²) in [5.74, 6) is 0.0142. The minimum atomic E-state index is -0.323. The first-order valence-electron chi connectivity index (χ1n) is 4.41. The van der Waals surface area contributed by atoms with E-state index in [4.69, 9.17) is 5.26 Å². The topological polar surface area (TPSA) is 23.8 Å². The second kappa shape index (κ2) is 4.56. The van der Waals surface area contributed by atoms with Crippen LogP contribution in [0.3, 0.4) is 0 Å². The number of nitriles is 1. The van der Waals surface area contributed by atoms with Gasteiger partial charge in [0.05, 0.1) is 17.0 Å². The van der Waals surface area contributed by atoms with Gasteiger partial charge in [-0.15, -0.1) is 0 Å². The molecule has 0 saturated carbocycles. The molecule has 0 saturated heterocycles. The predicted molar refractivity (Wildman–Crippen MR) is 57.5 cm³/mol. The van der Waals surface area contributed by atoms with Crippen molar-refractivity contribution >= 4 is 15.9 Å². The first kappa shape index (κ1) is 11.2. The number of nitrogens with zero attached hydrogens (tertiary/aromatic N) is 1. The zero-order valence-electron chi connectivity index (χ0n) is 8.14. The molecular weight excluding hydrogens is 245 g/mol. The summed E-state index contributed by atoms with van der Waals surface area (Å²) in [5, 5.41) is 8.53. The third-order valence-corrected chi connectivity index (χ3v) is 2.64. The lowest BCUT2D eigenvalue weighted by Crippen LogP contribution is -1.95. The lowest BCUT2D eigenvalue weighted by atomic mass is 9.99. The lowest BCUT2D eigenvalue weighted by molar-refractivity contribution is 0.606. The maximum Gasteiger partial charge on any atom is 0.141 e. The molecule has 3 heteroatoms. The maximum atomic E-state index is 13.4. The van der Waals surface area contributed by atoms with Gasteiger partial charge in [-0.05, 0) is 33.5 Å². The van der Waals surface area contributed by atoms with Crippen LogP contribution in [0, 0.1) is 17.1 Å². The van der Waals surface area contributed by atoms with Crippen molar-refractivity contribution in [2.75, 3.05) is 0 Å². The van der Waals surface area contributed by atoms with Crippen molar-refractivity contribution in [3.05, 3.63) is 33.5 Å². The fraction of sp³-hybridized carbons (Fsp3) is 0.364. The SMILES string of the molecule is CC(C)c1cc(Br)c(F)c(CC#N)c1. The second-order valence-electron chi connectivity index (χ2n) is 3.47. The standard InChI is InChI=1S/C11H11BrFN/c1-7(2)9-5-8(3-4-14)11(13)10(12)6-9/h5-7H,3H2,1-2H3. The molecule has 0 atom stereocenters. The zero-order chi connectivity index (χ0) is 10.7. The molecule has 14 heavy (non-hydrogen) atoms. The molecule has 0 aromatic heterocycles. The van der Waals surface area contributed by atoms with Gasteiger partial charge < -0.3 is 0 Å². The molecule has 0 spiro atoms. The minimum absolute atomic E-state index is 0.116. The molecule has 1 rings (SSSR count). The summed E-state index contributed by atoms with van der Waals surface area (Å²) >= 11 is 3.15. The highest BCUT2D eigenvalue weighted by Crippen LogP contribution is 2.25. The van der Waals surface area contributed by atoms with Gasteiger partial charge in [-0.1, -0.05) is 19.9 Å². The van der Waals surface area contributed by atoms with Gasteiger partial charge in [0.25, 0.3) is 0 Å². The van der Waals surface area contributed by atoms with Crippen molar-refractivity contribution in [1.29, 1.82) is 5.26 Å². The second-order valence-corrected chi connectivity index (χ2v) is 4.32. The third-order valence-electron chi connectivity index (χ3n) is 2.06. The largest absolute Gasteiger partial charge is 0.205 e. The summed E-state index contributed by atoms with van der Waals surface area (Å²) in [6, 6.07) is 5.48. The Balaban J connectivity index is 3.22. The molecular formula is C11H11BrFN. The molecule has 1 aromatic rings. The first-order chi connectivity index (χ1) is 6.56. The van der Waals surface area contributed by atoms with Crippen LogP contribution >= 0.6 is 15.9 Å². The normalized spacial score (nSPS) is 10.3.